The number of halogens is 2. The molecule has 1 saturated carbocycles. The Bertz CT molecular complexity index is 822. The zero-order valence-corrected chi connectivity index (χ0v) is 16.3. The molecule has 156 valence electrons. The maximum Gasteiger partial charge on any atom is 0.320 e. The Morgan fingerprint density at radius 2 is 1.66 bits per heavy atom. The number of benzene rings is 1. The highest BCUT2D eigenvalue weighted by atomic mass is 19.3. The van der Waals surface area contributed by atoms with E-state index in [1.165, 1.54) is 5.56 Å². The number of carbonyl (C=O) groups excluding carboxylic acids is 2. The Kier molecular flexibility index (Phi) is 4.05. The van der Waals surface area contributed by atoms with E-state index in [1.807, 2.05) is 4.90 Å². The number of nitrogens with zero attached hydrogens (tertiary/aromatic N) is 3. The number of carbonyl (C=O) groups is 2. The summed E-state index contributed by atoms with van der Waals surface area (Å²) in [5, 5.41) is 0. The van der Waals surface area contributed by atoms with Gasteiger partial charge in [0.1, 0.15) is 0 Å². The van der Waals surface area contributed by atoms with Crippen molar-refractivity contribution in [2.45, 2.75) is 31.1 Å². The van der Waals surface area contributed by atoms with Crippen LogP contribution in [0.15, 0.2) is 24.3 Å². The van der Waals surface area contributed by atoms with Crippen LogP contribution in [0.5, 0.6) is 0 Å². The van der Waals surface area contributed by atoms with E-state index in [1.54, 1.807) is 4.90 Å². The molecule has 1 spiro atoms. The van der Waals surface area contributed by atoms with Crippen LogP contribution in [-0.4, -0.2) is 66.9 Å². The molecule has 0 radical (unpaired) electrons. The molecule has 4 fully saturated rings. The summed E-state index contributed by atoms with van der Waals surface area (Å²) in [5.74, 6) is -2.70. The summed E-state index contributed by atoms with van der Waals surface area (Å²) in [6.45, 7) is 3.81. The molecule has 1 aromatic rings. The maximum atomic E-state index is 13.1. The highest BCUT2D eigenvalue weighted by Crippen LogP contribution is 2.57. The average molecular weight is 404 g/mol. The van der Waals surface area contributed by atoms with E-state index in [0.29, 0.717) is 38.5 Å². The fourth-order valence-corrected chi connectivity index (χ4v) is 5.38. The van der Waals surface area contributed by atoms with Gasteiger partial charge in [0.05, 0.1) is 5.92 Å². The molecule has 29 heavy (non-hydrogen) atoms. The van der Waals surface area contributed by atoms with Crippen molar-refractivity contribution < 1.29 is 18.4 Å². The van der Waals surface area contributed by atoms with E-state index in [4.69, 9.17) is 5.73 Å². The molecule has 4 aliphatic rings. The third-order valence-electron chi connectivity index (χ3n) is 7.06. The summed E-state index contributed by atoms with van der Waals surface area (Å²) in [7, 11) is 0. The summed E-state index contributed by atoms with van der Waals surface area (Å²) in [4.78, 5) is 29.5. The number of anilines is 1. The van der Waals surface area contributed by atoms with Gasteiger partial charge in [0, 0.05) is 69.1 Å². The molecular weight excluding hydrogens is 378 g/mol. The van der Waals surface area contributed by atoms with Crippen molar-refractivity contribution >= 4 is 17.6 Å². The lowest BCUT2D eigenvalue weighted by molar-refractivity contribution is -0.170. The molecule has 1 aliphatic carbocycles. The van der Waals surface area contributed by atoms with E-state index < -0.39 is 5.92 Å². The second-order valence-electron chi connectivity index (χ2n) is 9.38. The largest absolute Gasteiger partial charge is 0.370 e. The molecule has 3 saturated heterocycles. The van der Waals surface area contributed by atoms with Gasteiger partial charge < -0.3 is 20.4 Å². The van der Waals surface area contributed by atoms with E-state index in [9.17, 15) is 18.4 Å². The predicted molar refractivity (Wildman–Crippen MR) is 104 cm³/mol. The summed E-state index contributed by atoms with van der Waals surface area (Å²) in [5.41, 5.74) is 7.45. The van der Waals surface area contributed by atoms with E-state index in [-0.39, 0.29) is 36.1 Å². The second-order valence-corrected chi connectivity index (χ2v) is 9.38. The lowest BCUT2D eigenvalue weighted by atomic mass is 9.61. The first-order valence-corrected chi connectivity index (χ1v) is 10.3. The Labute approximate surface area is 168 Å². The number of primary amides is 1. The van der Waals surface area contributed by atoms with Gasteiger partial charge in [-0.25, -0.2) is 13.6 Å². The van der Waals surface area contributed by atoms with Crippen LogP contribution in [0.2, 0.25) is 0 Å². The molecule has 0 unspecified atom stereocenters. The fourth-order valence-electron chi connectivity index (χ4n) is 5.38. The molecule has 6 nitrogen and oxygen atoms in total. The van der Waals surface area contributed by atoms with E-state index >= 15 is 0 Å². The van der Waals surface area contributed by atoms with Crippen LogP contribution < -0.4 is 10.6 Å². The third-order valence-corrected chi connectivity index (χ3v) is 7.06. The number of hydrogen-bond donors (Lipinski definition) is 1. The van der Waals surface area contributed by atoms with Gasteiger partial charge in [-0.3, -0.25) is 4.79 Å². The van der Waals surface area contributed by atoms with Crippen molar-refractivity contribution in [3.05, 3.63) is 29.8 Å². The van der Waals surface area contributed by atoms with Crippen molar-refractivity contribution in [3.8, 4) is 0 Å². The highest BCUT2D eigenvalue weighted by Gasteiger charge is 2.61. The Morgan fingerprint density at radius 3 is 2.21 bits per heavy atom. The van der Waals surface area contributed by atoms with Gasteiger partial charge in [-0.15, -0.1) is 0 Å². The van der Waals surface area contributed by atoms with Crippen LogP contribution in [-0.2, 0) is 4.79 Å². The minimum absolute atomic E-state index is 0.00945. The first kappa shape index (κ1) is 18.6. The maximum absolute atomic E-state index is 13.1. The number of amides is 3. The standard InChI is InChI=1S/C21H26F2N4O2/c22-21(23)10-20(11-21)12-27(13-20)17-3-1-14(2-4-17)16-8-26(9-16)19(29)25-6-5-15(7-25)18(24)28/h1-4,15-16H,5-13H2,(H2,24,28)/t15-/m0/s1. The fraction of sp³-hybridized carbons (Fsp3) is 0.619. The third kappa shape index (κ3) is 3.22. The number of urea groups is 1. The number of hydrogen-bond acceptors (Lipinski definition) is 3. The van der Waals surface area contributed by atoms with Gasteiger partial charge in [0.2, 0.25) is 11.8 Å². The lowest BCUT2D eigenvalue weighted by Gasteiger charge is -2.59. The number of alkyl halides is 2. The van der Waals surface area contributed by atoms with Crippen LogP contribution in [0, 0.1) is 11.3 Å². The molecule has 3 amide bonds. The zero-order chi connectivity index (χ0) is 20.4. The first-order valence-electron chi connectivity index (χ1n) is 10.3. The van der Waals surface area contributed by atoms with Crippen molar-refractivity contribution in [1.82, 2.24) is 9.80 Å². The Hall–Kier alpha value is -2.38. The average Bonchev–Trinajstić information content (AvgIpc) is 3.07. The van der Waals surface area contributed by atoms with Crippen LogP contribution in [0.25, 0.3) is 0 Å². The molecular formula is C21H26F2N4O2. The summed E-state index contributed by atoms with van der Waals surface area (Å²) < 4.78 is 26.3. The monoisotopic (exact) mass is 404 g/mol. The minimum atomic E-state index is -2.46. The quantitative estimate of drug-likeness (QED) is 0.840. The molecule has 0 bridgehead atoms. The molecule has 1 aromatic carbocycles. The van der Waals surface area contributed by atoms with Crippen molar-refractivity contribution in [1.29, 1.82) is 0 Å². The molecule has 3 heterocycles. The molecule has 3 aliphatic heterocycles. The highest BCUT2D eigenvalue weighted by molar-refractivity contribution is 5.80. The van der Waals surface area contributed by atoms with Gasteiger partial charge in [-0.05, 0) is 24.1 Å². The van der Waals surface area contributed by atoms with Gasteiger partial charge >= 0.3 is 6.03 Å². The van der Waals surface area contributed by atoms with Gasteiger partial charge in [-0.2, -0.15) is 0 Å². The molecule has 8 heteroatoms. The first-order chi connectivity index (χ1) is 13.7. The lowest BCUT2D eigenvalue weighted by Crippen LogP contribution is -2.66. The van der Waals surface area contributed by atoms with Crippen LogP contribution in [0.1, 0.15) is 30.7 Å². The van der Waals surface area contributed by atoms with Crippen molar-refractivity contribution in [2.24, 2.45) is 17.1 Å². The smallest absolute Gasteiger partial charge is 0.320 e. The molecule has 2 N–H and O–H groups in total. The number of likely N-dealkylation sites (tertiary alicyclic amines) is 2. The predicted octanol–water partition coefficient (Wildman–Crippen LogP) is 2.25. The second kappa shape index (κ2) is 6.31. The zero-order valence-electron chi connectivity index (χ0n) is 16.3. The van der Waals surface area contributed by atoms with Crippen molar-refractivity contribution in [3.63, 3.8) is 0 Å². The Morgan fingerprint density at radius 1 is 1.00 bits per heavy atom. The molecule has 5 rings (SSSR count). The topological polar surface area (TPSA) is 69.9 Å². The molecule has 1 atom stereocenters. The Balaban J connectivity index is 1.11. The summed E-state index contributed by atoms with van der Waals surface area (Å²) in [6.07, 6.45) is 0.699. The summed E-state index contributed by atoms with van der Waals surface area (Å²) >= 11 is 0. The minimum Gasteiger partial charge on any atom is -0.370 e. The van der Waals surface area contributed by atoms with Gasteiger partial charge in [-0.1, -0.05) is 12.1 Å². The van der Waals surface area contributed by atoms with Crippen LogP contribution >= 0.6 is 0 Å². The van der Waals surface area contributed by atoms with Crippen molar-refractivity contribution in [2.75, 3.05) is 44.2 Å². The van der Waals surface area contributed by atoms with E-state index in [0.717, 1.165) is 18.8 Å². The van der Waals surface area contributed by atoms with Crippen LogP contribution in [0.4, 0.5) is 19.3 Å². The van der Waals surface area contributed by atoms with E-state index in [2.05, 4.69) is 29.2 Å². The van der Waals surface area contributed by atoms with Crippen LogP contribution in [0.3, 0.4) is 0 Å². The van der Waals surface area contributed by atoms with Gasteiger partial charge in [0.15, 0.2) is 0 Å². The SMILES string of the molecule is NC(=O)[C@H]1CCN(C(=O)N2CC(c3ccc(N4CC5(C4)CC(F)(F)C5)cc3)C2)C1. The number of nitrogens with two attached hydrogens (primary N) is 1. The molecule has 0 aromatic heterocycles. The number of rotatable bonds is 3. The summed E-state index contributed by atoms with van der Waals surface area (Å²) in [6, 6.07) is 8.27. The van der Waals surface area contributed by atoms with Gasteiger partial charge in [0.25, 0.3) is 0 Å². The normalized spacial score (nSPS) is 27.4.